The molecule has 52 valence electrons. The summed E-state index contributed by atoms with van der Waals surface area (Å²) in [5.41, 5.74) is 0.754. The first-order valence-electron chi connectivity index (χ1n) is 3.19. The molecular formula is C6H6N2O2. The van der Waals surface area contributed by atoms with Gasteiger partial charge in [0.2, 0.25) is 0 Å². The molecule has 0 aromatic heterocycles. The van der Waals surface area contributed by atoms with E-state index in [-0.39, 0.29) is 11.9 Å². The van der Waals surface area contributed by atoms with Gasteiger partial charge in [0.25, 0.3) is 5.91 Å². The van der Waals surface area contributed by atoms with Crippen molar-refractivity contribution < 1.29 is 4.79 Å². The molecule has 2 aliphatic rings. The van der Waals surface area contributed by atoms with Gasteiger partial charge in [-0.15, -0.1) is 4.91 Å². The van der Waals surface area contributed by atoms with E-state index in [2.05, 4.69) is 5.29 Å². The quantitative estimate of drug-likeness (QED) is 0.498. The molecule has 2 bridgehead atoms. The summed E-state index contributed by atoms with van der Waals surface area (Å²) < 4.78 is 0. The van der Waals surface area contributed by atoms with Gasteiger partial charge < -0.3 is 0 Å². The number of carbonyl (C=O) groups excluding carboxylic acids is 1. The van der Waals surface area contributed by atoms with Crippen LogP contribution in [-0.4, -0.2) is 17.0 Å². The number of hydrogen-bond acceptors (Lipinski definition) is 3. The standard InChI is InChI=1S/C6H6N2O2/c9-6-4-1-2-5(3-4)8(6)7-10/h1,5H,2-3H2. The average Bonchev–Trinajstić information content (AvgIpc) is 2.46. The van der Waals surface area contributed by atoms with Crippen LogP contribution in [0.5, 0.6) is 0 Å². The van der Waals surface area contributed by atoms with Crippen molar-refractivity contribution in [2.24, 2.45) is 5.29 Å². The Bertz CT molecular complexity index is 234. The Hall–Kier alpha value is -1.19. The molecule has 1 saturated heterocycles. The van der Waals surface area contributed by atoms with Crippen LogP contribution < -0.4 is 0 Å². The molecule has 1 atom stereocenters. The van der Waals surface area contributed by atoms with Crippen molar-refractivity contribution >= 4 is 5.91 Å². The van der Waals surface area contributed by atoms with Crippen LogP contribution in [0.15, 0.2) is 16.9 Å². The maximum absolute atomic E-state index is 11.0. The lowest BCUT2D eigenvalue weighted by Gasteiger charge is -2.13. The van der Waals surface area contributed by atoms with Gasteiger partial charge >= 0.3 is 0 Å². The predicted octanol–water partition coefficient (Wildman–Crippen LogP) is 0.599. The Morgan fingerprint density at radius 1 is 1.70 bits per heavy atom. The van der Waals surface area contributed by atoms with Crippen molar-refractivity contribution in [3.05, 3.63) is 16.6 Å². The van der Waals surface area contributed by atoms with Crippen LogP contribution in [0.3, 0.4) is 0 Å². The Morgan fingerprint density at radius 3 is 2.90 bits per heavy atom. The minimum absolute atomic E-state index is 0.0417. The van der Waals surface area contributed by atoms with E-state index in [1.165, 1.54) is 0 Å². The van der Waals surface area contributed by atoms with Gasteiger partial charge in [-0.2, -0.15) is 5.01 Å². The van der Waals surface area contributed by atoms with E-state index < -0.39 is 0 Å². The number of nitrogens with zero attached hydrogens (tertiary/aromatic N) is 2. The number of fused-ring (bicyclic) bond motifs is 2. The van der Waals surface area contributed by atoms with Gasteiger partial charge in [0.15, 0.2) is 0 Å². The molecule has 4 nitrogen and oxygen atoms in total. The van der Waals surface area contributed by atoms with Crippen LogP contribution in [0, 0.1) is 4.91 Å². The number of nitroso groups, excluding NO2 is 1. The minimum Gasteiger partial charge on any atom is -0.267 e. The SMILES string of the molecule is O=NN1C(=O)C2=CCC1C2. The second-order valence-electron chi connectivity index (χ2n) is 2.55. The molecule has 4 heteroatoms. The fraction of sp³-hybridized carbons (Fsp3) is 0.500. The lowest BCUT2D eigenvalue weighted by molar-refractivity contribution is -0.126. The summed E-state index contributed by atoms with van der Waals surface area (Å²) >= 11 is 0. The van der Waals surface area contributed by atoms with Crippen LogP contribution in [0.25, 0.3) is 0 Å². The first kappa shape index (κ1) is 5.58. The molecule has 0 spiro atoms. The highest BCUT2D eigenvalue weighted by Crippen LogP contribution is 2.33. The molecule has 1 aliphatic heterocycles. The van der Waals surface area contributed by atoms with Gasteiger partial charge in [0.1, 0.15) is 0 Å². The molecule has 1 fully saturated rings. The molecular weight excluding hydrogens is 132 g/mol. The molecule has 1 unspecified atom stereocenters. The van der Waals surface area contributed by atoms with Gasteiger partial charge in [-0.1, -0.05) is 6.08 Å². The van der Waals surface area contributed by atoms with E-state index in [9.17, 15) is 9.70 Å². The van der Waals surface area contributed by atoms with Gasteiger partial charge in [0.05, 0.1) is 11.3 Å². The molecule has 0 aromatic carbocycles. The van der Waals surface area contributed by atoms with Crippen LogP contribution in [0.4, 0.5) is 0 Å². The van der Waals surface area contributed by atoms with E-state index in [1.807, 2.05) is 6.08 Å². The number of carbonyl (C=O) groups is 1. The number of rotatable bonds is 1. The van der Waals surface area contributed by atoms with Crippen LogP contribution in [0.2, 0.25) is 0 Å². The molecule has 0 aromatic rings. The normalized spacial score (nSPS) is 29.2. The maximum atomic E-state index is 11.0. The molecule has 0 N–H and O–H groups in total. The zero-order valence-corrected chi connectivity index (χ0v) is 5.28. The van der Waals surface area contributed by atoms with Crippen LogP contribution in [-0.2, 0) is 4.79 Å². The second-order valence-corrected chi connectivity index (χ2v) is 2.55. The molecule has 0 radical (unpaired) electrons. The van der Waals surface area contributed by atoms with Gasteiger partial charge in [-0.3, -0.25) is 4.79 Å². The second kappa shape index (κ2) is 1.65. The highest BCUT2D eigenvalue weighted by atomic mass is 16.3. The zero-order chi connectivity index (χ0) is 7.14. The number of amides is 1. The molecule has 10 heavy (non-hydrogen) atoms. The summed E-state index contributed by atoms with van der Waals surface area (Å²) in [7, 11) is 0. The van der Waals surface area contributed by atoms with E-state index in [1.54, 1.807) is 0 Å². The van der Waals surface area contributed by atoms with Crippen molar-refractivity contribution in [2.75, 3.05) is 0 Å². The fourth-order valence-corrected chi connectivity index (χ4v) is 1.48. The summed E-state index contributed by atoms with van der Waals surface area (Å²) in [4.78, 5) is 21.0. The maximum Gasteiger partial charge on any atom is 0.272 e. The topological polar surface area (TPSA) is 49.7 Å². The van der Waals surface area contributed by atoms with Crippen molar-refractivity contribution in [1.82, 2.24) is 5.01 Å². The van der Waals surface area contributed by atoms with Gasteiger partial charge in [-0.25, -0.2) is 0 Å². The smallest absolute Gasteiger partial charge is 0.267 e. The van der Waals surface area contributed by atoms with Crippen molar-refractivity contribution in [3.63, 3.8) is 0 Å². The fourth-order valence-electron chi connectivity index (χ4n) is 1.48. The molecule has 1 heterocycles. The summed E-state index contributed by atoms with van der Waals surface area (Å²) in [5.74, 6) is -0.203. The first-order chi connectivity index (χ1) is 4.83. The first-order valence-corrected chi connectivity index (χ1v) is 3.19. The third-order valence-electron chi connectivity index (χ3n) is 2.01. The minimum atomic E-state index is -0.203. The van der Waals surface area contributed by atoms with E-state index in [0.29, 0.717) is 6.42 Å². The Morgan fingerprint density at radius 2 is 2.50 bits per heavy atom. The molecule has 0 saturated carbocycles. The molecule has 1 amide bonds. The molecule has 2 rings (SSSR count). The van der Waals surface area contributed by atoms with Crippen LogP contribution in [0.1, 0.15) is 12.8 Å². The number of hydrogen-bond donors (Lipinski definition) is 0. The summed E-state index contributed by atoms with van der Waals surface area (Å²) in [6.07, 6.45) is 3.39. The Balaban J connectivity index is 2.36. The van der Waals surface area contributed by atoms with E-state index in [0.717, 1.165) is 17.0 Å². The largest absolute Gasteiger partial charge is 0.272 e. The summed E-state index contributed by atoms with van der Waals surface area (Å²) in [6, 6.07) is 0.0417. The monoisotopic (exact) mass is 138 g/mol. The zero-order valence-electron chi connectivity index (χ0n) is 5.28. The van der Waals surface area contributed by atoms with Crippen molar-refractivity contribution in [2.45, 2.75) is 18.9 Å². The lowest BCUT2D eigenvalue weighted by Crippen LogP contribution is -2.28. The molecule has 1 aliphatic carbocycles. The summed E-state index contributed by atoms with van der Waals surface area (Å²) in [5, 5.41) is 3.68. The van der Waals surface area contributed by atoms with E-state index >= 15 is 0 Å². The van der Waals surface area contributed by atoms with Crippen LogP contribution >= 0.6 is 0 Å². The highest BCUT2D eigenvalue weighted by molar-refractivity contribution is 5.97. The van der Waals surface area contributed by atoms with E-state index in [4.69, 9.17) is 0 Å². The van der Waals surface area contributed by atoms with Gasteiger partial charge in [0, 0.05) is 12.0 Å². The van der Waals surface area contributed by atoms with Crippen molar-refractivity contribution in [3.8, 4) is 0 Å². The summed E-state index contributed by atoms with van der Waals surface area (Å²) in [6.45, 7) is 0. The lowest BCUT2D eigenvalue weighted by atomic mass is 10.2. The predicted molar refractivity (Wildman–Crippen MR) is 33.7 cm³/mol. The third kappa shape index (κ3) is 0.483. The van der Waals surface area contributed by atoms with Crippen molar-refractivity contribution in [1.29, 1.82) is 0 Å². The van der Waals surface area contributed by atoms with Gasteiger partial charge in [-0.05, 0) is 6.42 Å². The average molecular weight is 138 g/mol. The Kier molecular flexibility index (Phi) is 0.922. The Labute approximate surface area is 57.4 Å². The third-order valence-corrected chi connectivity index (χ3v) is 2.01. The highest BCUT2D eigenvalue weighted by Gasteiger charge is 2.39.